The Bertz CT molecular complexity index is 490. The van der Waals surface area contributed by atoms with Gasteiger partial charge in [-0.15, -0.1) is 0 Å². The van der Waals surface area contributed by atoms with Crippen molar-refractivity contribution in [2.24, 2.45) is 0 Å². The smallest absolute Gasteiger partial charge is 0.245 e. The maximum absolute atomic E-state index is 12.7. The maximum Gasteiger partial charge on any atom is 0.245 e. The highest BCUT2D eigenvalue weighted by Gasteiger charge is 2.33. The van der Waals surface area contributed by atoms with Crippen LogP contribution in [-0.4, -0.2) is 49.1 Å². The molecule has 1 heterocycles. The van der Waals surface area contributed by atoms with Crippen LogP contribution in [0.15, 0.2) is 30.3 Å². The quantitative estimate of drug-likeness (QED) is 0.879. The molecule has 21 heavy (non-hydrogen) atoms. The van der Waals surface area contributed by atoms with Gasteiger partial charge in [0.25, 0.3) is 0 Å². The van der Waals surface area contributed by atoms with E-state index >= 15 is 0 Å². The Balaban J connectivity index is 2.14. The van der Waals surface area contributed by atoms with Crippen LogP contribution in [0.25, 0.3) is 0 Å². The van der Waals surface area contributed by atoms with E-state index in [9.17, 15) is 9.59 Å². The van der Waals surface area contributed by atoms with Crippen LogP contribution in [0.1, 0.15) is 18.9 Å². The summed E-state index contributed by atoms with van der Waals surface area (Å²) in [5.74, 6) is -0.106. The molecular formula is C16H22N2O3. The molecule has 1 N–H and O–H groups in total. The van der Waals surface area contributed by atoms with Crippen LogP contribution in [0.4, 0.5) is 0 Å². The molecule has 2 unspecified atom stereocenters. The molecule has 1 aliphatic rings. The van der Waals surface area contributed by atoms with E-state index in [0.717, 1.165) is 5.56 Å². The zero-order valence-electron chi connectivity index (χ0n) is 12.5. The first-order valence-corrected chi connectivity index (χ1v) is 7.24. The van der Waals surface area contributed by atoms with Crippen LogP contribution in [0.2, 0.25) is 0 Å². The van der Waals surface area contributed by atoms with Crippen LogP contribution in [0.5, 0.6) is 0 Å². The van der Waals surface area contributed by atoms with E-state index < -0.39 is 6.04 Å². The molecule has 0 bridgehead atoms. The van der Waals surface area contributed by atoms with Gasteiger partial charge in [-0.05, 0) is 12.5 Å². The number of nitrogens with one attached hydrogen (secondary N) is 1. The Hall–Kier alpha value is -1.88. The third kappa shape index (κ3) is 4.04. The lowest BCUT2D eigenvalue weighted by Crippen LogP contribution is -2.48. The summed E-state index contributed by atoms with van der Waals surface area (Å²) in [4.78, 5) is 26.4. The molecule has 1 fully saturated rings. The third-order valence-electron chi connectivity index (χ3n) is 3.75. The zero-order chi connectivity index (χ0) is 15.2. The maximum atomic E-state index is 12.7. The highest BCUT2D eigenvalue weighted by molar-refractivity contribution is 5.90. The molecule has 5 nitrogen and oxygen atoms in total. The molecule has 0 saturated carbocycles. The molecule has 0 spiro atoms. The van der Waals surface area contributed by atoms with Crippen molar-refractivity contribution in [1.29, 1.82) is 0 Å². The number of rotatable bonds is 5. The number of benzene rings is 1. The highest BCUT2D eigenvalue weighted by Crippen LogP contribution is 2.14. The van der Waals surface area contributed by atoms with E-state index in [0.29, 0.717) is 26.0 Å². The molecule has 2 amide bonds. The van der Waals surface area contributed by atoms with Crippen molar-refractivity contribution >= 4 is 11.8 Å². The Morgan fingerprint density at radius 2 is 2.00 bits per heavy atom. The van der Waals surface area contributed by atoms with Crippen molar-refractivity contribution in [3.05, 3.63) is 35.9 Å². The standard InChI is InChI=1S/C16H22N2O3/c1-12-10-15(19)17-14(11-13-6-4-3-5-7-13)16(20)18(12)8-9-21-2/h3-7,12,14H,8-11H2,1-2H3,(H,17,19). The molecule has 0 aromatic heterocycles. The third-order valence-corrected chi connectivity index (χ3v) is 3.75. The second kappa shape index (κ2) is 7.22. The highest BCUT2D eigenvalue weighted by atomic mass is 16.5. The van der Waals surface area contributed by atoms with E-state index in [2.05, 4.69) is 5.32 Å². The summed E-state index contributed by atoms with van der Waals surface area (Å²) in [6, 6.07) is 9.13. The molecule has 2 rings (SSSR count). The normalized spacial score (nSPS) is 22.9. The first-order chi connectivity index (χ1) is 10.1. The first-order valence-electron chi connectivity index (χ1n) is 7.24. The number of carbonyl (C=O) groups excluding carboxylic acids is 2. The summed E-state index contributed by atoms with van der Waals surface area (Å²) in [6.07, 6.45) is 0.850. The van der Waals surface area contributed by atoms with Gasteiger partial charge in [0.1, 0.15) is 6.04 Å². The van der Waals surface area contributed by atoms with Crippen molar-refractivity contribution in [1.82, 2.24) is 10.2 Å². The van der Waals surface area contributed by atoms with Gasteiger partial charge in [0.15, 0.2) is 0 Å². The van der Waals surface area contributed by atoms with Crippen molar-refractivity contribution < 1.29 is 14.3 Å². The molecule has 0 radical (unpaired) electrons. The van der Waals surface area contributed by atoms with Gasteiger partial charge in [0.05, 0.1) is 6.61 Å². The summed E-state index contributed by atoms with van der Waals surface area (Å²) in [5, 5.41) is 2.84. The molecule has 1 aliphatic heterocycles. The van der Waals surface area contributed by atoms with Crippen LogP contribution in [0.3, 0.4) is 0 Å². The summed E-state index contributed by atoms with van der Waals surface area (Å²) in [6.45, 7) is 2.89. The molecule has 1 saturated heterocycles. The van der Waals surface area contributed by atoms with Crippen molar-refractivity contribution in [2.75, 3.05) is 20.3 Å². The number of carbonyl (C=O) groups is 2. The van der Waals surface area contributed by atoms with E-state index in [1.54, 1.807) is 12.0 Å². The van der Waals surface area contributed by atoms with Crippen molar-refractivity contribution in [3.8, 4) is 0 Å². The van der Waals surface area contributed by atoms with E-state index in [4.69, 9.17) is 4.74 Å². The fourth-order valence-corrected chi connectivity index (χ4v) is 2.62. The number of methoxy groups -OCH3 is 1. The lowest BCUT2D eigenvalue weighted by Gasteiger charge is -2.28. The fraction of sp³-hybridized carbons (Fsp3) is 0.500. The predicted molar refractivity (Wildman–Crippen MR) is 79.7 cm³/mol. The van der Waals surface area contributed by atoms with Gasteiger partial charge in [-0.2, -0.15) is 0 Å². The number of amides is 2. The number of ether oxygens (including phenoxy) is 1. The topological polar surface area (TPSA) is 58.6 Å². The van der Waals surface area contributed by atoms with Crippen LogP contribution in [-0.2, 0) is 20.7 Å². The minimum absolute atomic E-state index is 0.0331. The molecule has 0 aliphatic carbocycles. The Morgan fingerprint density at radius 1 is 1.29 bits per heavy atom. The van der Waals surface area contributed by atoms with E-state index in [1.165, 1.54) is 0 Å². The van der Waals surface area contributed by atoms with Crippen LogP contribution in [0, 0.1) is 0 Å². The van der Waals surface area contributed by atoms with Gasteiger partial charge in [-0.25, -0.2) is 0 Å². The molecule has 5 heteroatoms. The minimum atomic E-state index is -0.498. The Kier molecular flexibility index (Phi) is 5.33. The largest absolute Gasteiger partial charge is 0.383 e. The molecule has 2 atom stereocenters. The van der Waals surface area contributed by atoms with Gasteiger partial charge in [0.2, 0.25) is 11.8 Å². The molecule has 1 aromatic rings. The zero-order valence-corrected chi connectivity index (χ0v) is 12.5. The van der Waals surface area contributed by atoms with Crippen molar-refractivity contribution in [3.63, 3.8) is 0 Å². The lowest BCUT2D eigenvalue weighted by atomic mass is 10.0. The fourth-order valence-electron chi connectivity index (χ4n) is 2.62. The molecule has 114 valence electrons. The first kappa shape index (κ1) is 15.5. The Labute approximate surface area is 125 Å². The van der Waals surface area contributed by atoms with Gasteiger partial charge in [0, 0.05) is 32.5 Å². The molecule has 1 aromatic carbocycles. The minimum Gasteiger partial charge on any atom is -0.383 e. The van der Waals surface area contributed by atoms with Gasteiger partial charge in [-0.3, -0.25) is 9.59 Å². The molecular weight excluding hydrogens is 268 g/mol. The summed E-state index contributed by atoms with van der Waals surface area (Å²) in [7, 11) is 1.61. The average Bonchev–Trinajstić information content (AvgIpc) is 2.56. The average molecular weight is 290 g/mol. The Morgan fingerprint density at radius 3 is 2.67 bits per heavy atom. The van der Waals surface area contributed by atoms with Crippen LogP contribution < -0.4 is 5.32 Å². The predicted octanol–water partition coefficient (Wildman–Crippen LogP) is 0.981. The van der Waals surface area contributed by atoms with E-state index in [-0.39, 0.29) is 17.9 Å². The summed E-state index contributed by atoms with van der Waals surface area (Å²) >= 11 is 0. The SMILES string of the molecule is COCCN1C(=O)C(Cc2ccccc2)NC(=O)CC1C. The second-order valence-corrected chi connectivity index (χ2v) is 5.39. The summed E-state index contributed by atoms with van der Waals surface area (Å²) in [5.41, 5.74) is 1.04. The van der Waals surface area contributed by atoms with Gasteiger partial charge < -0.3 is 15.0 Å². The van der Waals surface area contributed by atoms with E-state index in [1.807, 2.05) is 37.3 Å². The second-order valence-electron chi connectivity index (χ2n) is 5.39. The van der Waals surface area contributed by atoms with Gasteiger partial charge in [-0.1, -0.05) is 30.3 Å². The number of hydrogen-bond donors (Lipinski definition) is 1. The van der Waals surface area contributed by atoms with Gasteiger partial charge >= 0.3 is 0 Å². The van der Waals surface area contributed by atoms with Crippen molar-refractivity contribution in [2.45, 2.75) is 31.8 Å². The van der Waals surface area contributed by atoms with Crippen LogP contribution >= 0.6 is 0 Å². The number of nitrogens with zero attached hydrogens (tertiary/aromatic N) is 1. The summed E-state index contributed by atoms with van der Waals surface area (Å²) < 4.78 is 5.06. The lowest BCUT2D eigenvalue weighted by molar-refractivity contribution is -0.135. The monoisotopic (exact) mass is 290 g/mol. The number of hydrogen-bond acceptors (Lipinski definition) is 3.